The van der Waals surface area contributed by atoms with Crippen LogP contribution < -0.4 is 0 Å². The Hall–Kier alpha value is -0.630. The van der Waals surface area contributed by atoms with E-state index in [4.69, 9.17) is 0 Å². The molecule has 1 aromatic rings. The summed E-state index contributed by atoms with van der Waals surface area (Å²) in [5.74, 6) is 0.720. The van der Waals surface area contributed by atoms with Crippen molar-refractivity contribution in [2.75, 3.05) is 0 Å². The minimum absolute atomic E-state index is 0.239. The number of Topliss-reactive ketones (excluding diaryl/α,β-unsaturated/α-hetero) is 1. The number of carbonyl (C=O) groups excluding carboxylic acids is 1. The van der Waals surface area contributed by atoms with Crippen LogP contribution in [-0.4, -0.2) is 5.78 Å². The summed E-state index contributed by atoms with van der Waals surface area (Å²) in [6.45, 7) is 4.29. The predicted octanol–water partition coefficient (Wildman–Crippen LogP) is 4.46. The van der Waals surface area contributed by atoms with Crippen LogP contribution >= 0.6 is 15.9 Å². The molecule has 0 bridgehead atoms. The summed E-state index contributed by atoms with van der Waals surface area (Å²) in [4.78, 5) is 11.9. The Morgan fingerprint density at radius 2 is 2.07 bits per heavy atom. The Balaban J connectivity index is 2.65. The zero-order valence-corrected chi connectivity index (χ0v) is 10.9. The van der Waals surface area contributed by atoms with Gasteiger partial charge >= 0.3 is 0 Å². The topological polar surface area (TPSA) is 17.1 Å². The monoisotopic (exact) mass is 268 g/mol. The van der Waals surface area contributed by atoms with E-state index >= 15 is 0 Å². The Morgan fingerprint density at radius 1 is 1.40 bits per heavy atom. The standard InChI is InChI=1S/C13H17BrO/c1-3-6-10(2)9-13(15)11-7-4-5-8-12(11)14/h4-5,7-8,10H,3,6,9H2,1-2H3. The van der Waals surface area contributed by atoms with Gasteiger partial charge in [-0.2, -0.15) is 0 Å². The first-order chi connectivity index (χ1) is 7.15. The highest BCUT2D eigenvalue weighted by atomic mass is 79.9. The van der Waals surface area contributed by atoms with E-state index in [-0.39, 0.29) is 5.78 Å². The van der Waals surface area contributed by atoms with Crippen LogP contribution in [0.2, 0.25) is 0 Å². The summed E-state index contributed by atoms with van der Waals surface area (Å²) >= 11 is 3.40. The molecule has 0 spiro atoms. The largest absolute Gasteiger partial charge is 0.294 e. The highest BCUT2D eigenvalue weighted by molar-refractivity contribution is 9.10. The lowest BCUT2D eigenvalue weighted by molar-refractivity contribution is 0.0962. The fourth-order valence-corrected chi connectivity index (χ4v) is 2.21. The molecule has 0 radical (unpaired) electrons. The number of ketones is 1. The van der Waals surface area contributed by atoms with E-state index < -0.39 is 0 Å². The van der Waals surface area contributed by atoms with Crippen LogP contribution in [0.5, 0.6) is 0 Å². The van der Waals surface area contributed by atoms with E-state index in [0.717, 1.165) is 22.9 Å². The first kappa shape index (κ1) is 12.4. The number of carbonyl (C=O) groups is 1. The molecule has 1 unspecified atom stereocenters. The Kier molecular flexibility index (Phi) is 5.03. The van der Waals surface area contributed by atoms with Crippen molar-refractivity contribution in [2.24, 2.45) is 5.92 Å². The lowest BCUT2D eigenvalue weighted by Gasteiger charge is -2.09. The summed E-state index contributed by atoms with van der Waals surface area (Å²) in [5.41, 5.74) is 0.806. The number of halogens is 1. The molecule has 1 atom stereocenters. The van der Waals surface area contributed by atoms with Gasteiger partial charge in [-0.25, -0.2) is 0 Å². The van der Waals surface area contributed by atoms with Crippen molar-refractivity contribution in [3.8, 4) is 0 Å². The third kappa shape index (κ3) is 3.78. The Labute approximate surface area is 100 Å². The Bertz CT molecular complexity index is 333. The lowest BCUT2D eigenvalue weighted by Crippen LogP contribution is -2.06. The fourth-order valence-electron chi connectivity index (χ4n) is 1.71. The lowest BCUT2D eigenvalue weighted by atomic mass is 9.96. The van der Waals surface area contributed by atoms with Gasteiger partial charge in [-0.15, -0.1) is 0 Å². The molecule has 0 fully saturated rings. The average Bonchev–Trinajstić information content (AvgIpc) is 2.18. The van der Waals surface area contributed by atoms with Gasteiger partial charge in [0.25, 0.3) is 0 Å². The first-order valence-electron chi connectivity index (χ1n) is 5.42. The van der Waals surface area contributed by atoms with Crippen LogP contribution in [0.15, 0.2) is 28.7 Å². The summed E-state index contributed by atoms with van der Waals surface area (Å²) in [6.07, 6.45) is 2.91. The van der Waals surface area contributed by atoms with E-state index in [1.807, 2.05) is 24.3 Å². The zero-order valence-electron chi connectivity index (χ0n) is 9.29. The van der Waals surface area contributed by atoms with Crippen molar-refractivity contribution in [2.45, 2.75) is 33.1 Å². The number of benzene rings is 1. The summed E-state index contributed by atoms with van der Waals surface area (Å²) < 4.78 is 0.902. The number of rotatable bonds is 5. The Morgan fingerprint density at radius 3 is 2.67 bits per heavy atom. The molecular weight excluding hydrogens is 252 g/mol. The van der Waals surface area contributed by atoms with Crippen molar-refractivity contribution >= 4 is 21.7 Å². The molecule has 1 aromatic carbocycles. The van der Waals surface area contributed by atoms with Crippen molar-refractivity contribution in [3.63, 3.8) is 0 Å². The molecule has 0 aliphatic heterocycles. The average molecular weight is 269 g/mol. The van der Waals surface area contributed by atoms with E-state index in [1.165, 1.54) is 0 Å². The third-order valence-electron chi connectivity index (χ3n) is 2.49. The third-order valence-corrected chi connectivity index (χ3v) is 3.18. The summed E-state index contributed by atoms with van der Waals surface area (Å²) in [7, 11) is 0. The fraction of sp³-hybridized carbons (Fsp3) is 0.462. The molecule has 0 saturated heterocycles. The van der Waals surface area contributed by atoms with Crippen LogP contribution in [0.1, 0.15) is 43.5 Å². The van der Waals surface area contributed by atoms with Crippen molar-refractivity contribution in [1.82, 2.24) is 0 Å². The van der Waals surface area contributed by atoms with Gasteiger partial charge < -0.3 is 0 Å². The molecule has 15 heavy (non-hydrogen) atoms. The van der Waals surface area contributed by atoms with Gasteiger partial charge in [0.05, 0.1) is 0 Å². The van der Waals surface area contributed by atoms with Crippen LogP contribution in [0, 0.1) is 5.92 Å². The number of hydrogen-bond acceptors (Lipinski definition) is 1. The molecule has 0 saturated carbocycles. The van der Waals surface area contributed by atoms with Gasteiger partial charge in [0.15, 0.2) is 5.78 Å². The molecule has 0 amide bonds. The zero-order chi connectivity index (χ0) is 11.3. The molecule has 0 aromatic heterocycles. The maximum atomic E-state index is 11.9. The molecule has 0 aliphatic rings. The van der Waals surface area contributed by atoms with Gasteiger partial charge in [-0.3, -0.25) is 4.79 Å². The maximum absolute atomic E-state index is 11.9. The van der Waals surface area contributed by atoms with Crippen molar-refractivity contribution < 1.29 is 4.79 Å². The van der Waals surface area contributed by atoms with Gasteiger partial charge in [-0.05, 0) is 12.0 Å². The van der Waals surface area contributed by atoms with Crippen LogP contribution in [0.25, 0.3) is 0 Å². The van der Waals surface area contributed by atoms with Crippen LogP contribution in [0.3, 0.4) is 0 Å². The van der Waals surface area contributed by atoms with Crippen LogP contribution in [-0.2, 0) is 0 Å². The molecule has 1 nitrogen and oxygen atoms in total. The summed E-state index contributed by atoms with van der Waals surface area (Å²) in [5, 5.41) is 0. The van der Waals surface area contributed by atoms with E-state index in [9.17, 15) is 4.79 Å². The minimum Gasteiger partial charge on any atom is -0.294 e. The predicted molar refractivity (Wildman–Crippen MR) is 67.2 cm³/mol. The van der Waals surface area contributed by atoms with Gasteiger partial charge in [0, 0.05) is 16.5 Å². The second-order valence-corrected chi connectivity index (χ2v) is 4.86. The molecule has 2 heteroatoms. The van der Waals surface area contributed by atoms with E-state index in [0.29, 0.717) is 12.3 Å². The van der Waals surface area contributed by atoms with Crippen LogP contribution in [0.4, 0.5) is 0 Å². The first-order valence-corrected chi connectivity index (χ1v) is 6.22. The highest BCUT2D eigenvalue weighted by Crippen LogP contribution is 2.20. The van der Waals surface area contributed by atoms with Crippen molar-refractivity contribution in [1.29, 1.82) is 0 Å². The maximum Gasteiger partial charge on any atom is 0.164 e. The highest BCUT2D eigenvalue weighted by Gasteiger charge is 2.12. The van der Waals surface area contributed by atoms with Gasteiger partial charge in [0.2, 0.25) is 0 Å². The van der Waals surface area contributed by atoms with E-state index in [2.05, 4.69) is 29.8 Å². The van der Waals surface area contributed by atoms with Gasteiger partial charge in [0.1, 0.15) is 0 Å². The second kappa shape index (κ2) is 6.06. The minimum atomic E-state index is 0.239. The molecule has 82 valence electrons. The molecule has 1 rings (SSSR count). The molecular formula is C13H17BrO. The molecule has 0 aliphatic carbocycles. The SMILES string of the molecule is CCCC(C)CC(=O)c1ccccc1Br. The van der Waals surface area contributed by atoms with E-state index in [1.54, 1.807) is 0 Å². The number of hydrogen-bond donors (Lipinski definition) is 0. The smallest absolute Gasteiger partial charge is 0.164 e. The quantitative estimate of drug-likeness (QED) is 0.721. The second-order valence-electron chi connectivity index (χ2n) is 4.00. The molecule has 0 heterocycles. The van der Waals surface area contributed by atoms with Gasteiger partial charge in [-0.1, -0.05) is 60.8 Å². The molecule has 0 N–H and O–H groups in total. The summed E-state index contributed by atoms with van der Waals surface area (Å²) in [6, 6.07) is 7.63. The normalized spacial score (nSPS) is 12.5. The van der Waals surface area contributed by atoms with Crippen molar-refractivity contribution in [3.05, 3.63) is 34.3 Å².